The predicted octanol–water partition coefficient (Wildman–Crippen LogP) is 2.73. The lowest BCUT2D eigenvalue weighted by molar-refractivity contribution is -0.141. The van der Waals surface area contributed by atoms with Gasteiger partial charge in [0, 0.05) is 17.5 Å². The molecule has 1 N–H and O–H groups in total. The molecular formula is C18H20N2O5S. The van der Waals surface area contributed by atoms with E-state index in [4.69, 9.17) is 9.47 Å². The Balaban J connectivity index is 1.75. The summed E-state index contributed by atoms with van der Waals surface area (Å²) < 4.78 is 11.1. The van der Waals surface area contributed by atoms with Gasteiger partial charge in [0.1, 0.15) is 12.6 Å². The minimum Gasteiger partial charge on any atom is -0.493 e. The number of aryl methyl sites for hydroxylation is 1. The van der Waals surface area contributed by atoms with Gasteiger partial charge >= 0.3 is 5.97 Å². The number of aromatic nitrogens is 1. The van der Waals surface area contributed by atoms with E-state index >= 15 is 0 Å². The first kappa shape index (κ1) is 18.2. The number of thiazole rings is 1. The highest BCUT2D eigenvalue weighted by molar-refractivity contribution is 7.09. The monoisotopic (exact) mass is 376 g/mol. The lowest BCUT2D eigenvalue weighted by atomic mass is 10.1. The summed E-state index contributed by atoms with van der Waals surface area (Å²) in [5, 5.41) is 12.2. The summed E-state index contributed by atoms with van der Waals surface area (Å²) >= 11 is 1.55. The molecule has 0 spiro atoms. The van der Waals surface area contributed by atoms with Crippen molar-refractivity contribution in [3.05, 3.63) is 39.8 Å². The van der Waals surface area contributed by atoms with E-state index in [1.54, 1.807) is 29.5 Å². The topological polar surface area (TPSA) is 89.0 Å². The zero-order valence-electron chi connectivity index (χ0n) is 14.6. The van der Waals surface area contributed by atoms with Crippen molar-refractivity contribution in [2.45, 2.75) is 32.4 Å². The van der Waals surface area contributed by atoms with Crippen molar-refractivity contribution < 1.29 is 24.2 Å². The molecule has 0 bridgehead atoms. The molecule has 26 heavy (non-hydrogen) atoms. The van der Waals surface area contributed by atoms with Crippen molar-refractivity contribution in [1.29, 1.82) is 0 Å². The first-order valence-electron chi connectivity index (χ1n) is 8.25. The minimum absolute atomic E-state index is 0.307. The Labute approximate surface area is 155 Å². The number of carboxylic acids is 1. The maximum Gasteiger partial charge on any atom is 0.326 e. The Bertz CT molecular complexity index is 820. The van der Waals surface area contributed by atoms with Crippen LogP contribution in [0.15, 0.2) is 23.6 Å². The molecule has 138 valence electrons. The first-order chi connectivity index (χ1) is 12.5. The number of ether oxygens (including phenoxy) is 2. The molecule has 8 heteroatoms. The highest BCUT2D eigenvalue weighted by Gasteiger charge is 2.34. The van der Waals surface area contributed by atoms with Crippen LogP contribution in [0.25, 0.3) is 0 Å². The normalized spacial score (nSPS) is 16.5. The van der Waals surface area contributed by atoms with Crippen LogP contribution in [-0.4, -0.2) is 46.6 Å². The number of rotatable bonds is 6. The van der Waals surface area contributed by atoms with Crippen molar-refractivity contribution in [2.75, 3.05) is 13.7 Å². The number of likely N-dealkylation sites (tertiary alicyclic amines) is 1. The molecule has 1 atom stereocenters. The first-order valence-corrected chi connectivity index (χ1v) is 9.13. The van der Waals surface area contributed by atoms with E-state index in [1.165, 1.54) is 12.0 Å². The third kappa shape index (κ3) is 3.80. The Hall–Kier alpha value is -2.61. The van der Waals surface area contributed by atoms with Gasteiger partial charge in [-0.3, -0.25) is 4.79 Å². The predicted molar refractivity (Wildman–Crippen MR) is 95.9 cm³/mol. The molecule has 1 unspecified atom stereocenters. The van der Waals surface area contributed by atoms with Crippen LogP contribution in [0.4, 0.5) is 0 Å². The molecule has 2 aromatic rings. The van der Waals surface area contributed by atoms with Crippen molar-refractivity contribution in [3.8, 4) is 11.5 Å². The van der Waals surface area contributed by atoms with Gasteiger partial charge in [-0.25, -0.2) is 9.78 Å². The number of methoxy groups -OCH3 is 1. The molecule has 1 amide bonds. The molecule has 1 aliphatic rings. The number of nitrogens with zero attached hydrogens (tertiary/aromatic N) is 2. The minimum atomic E-state index is -0.971. The smallest absolute Gasteiger partial charge is 0.326 e. The highest BCUT2D eigenvalue weighted by atomic mass is 32.1. The summed E-state index contributed by atoms with van der Waals surface area (Å²) in [6.07, 6.45) is 1.17. The van der Waals surface area contributed by atoms with Crippen molar-refractivity contribution in [3.63, 3.8) is 0 Å². The second-order valence-electron chi connectivity index (χ2n) is 6.01. The largest absolute Gasteiger partial charge is 0.493 e. The maximum absolute atomic E-state index is 12.7. The van der Waals surface area contributed by atoms with Crippen LogP contribution in [-0.2, 0) is 11.4 Å². The third-order valence-corrected chi connectivity index (χ3v) is 5.07. The quantitative estimate of drug-likeness (QED) is 0.834. The van der Waals surface area contributed by atoms with E-state index in [9.17, 15) is 14.7 Å². The average molecular weight is 376 g/mol. The molecule has 1 aliphatic heterocycles. The summed E-state index contributed by atoms with van der Waals surface area (Å²) in [6.45, 7) is 2.68. The molecule has 0 aliphatic carbocycles. The summed E-state index contributed by atoms with van der Waals surface area (Å²) in [5.74, 6) is -0.351. The summed E-state index contributed by atoms with van der Waals surface area (Å²) in [5.41, 5.74) is 1.21. The number of carbonyl (C=O) groups excluding carboxylic acids is 1. The average Bonchev–Trinajstić information content (AvgIpc) is 3.28. The number of carbonyl (C=O) groups is 2. The number of amides is 1. The molecule has 1 saturated heterocycles. The second-order valence-corrected chi connectivity index (χ2v) is 7.07. The number of aliphatic carboxylic acids is 1. The molecule has 1 aromatic carbocycles. The van der Waals surface area contributed by atoms with Gasteiger partial charge in [0.25, 0.3) is 5.91 Å². The Morgan fingerprint density at radius 1 is 1.38 bits per heavy atom. The fraction of sp³-hybridized carbons (Fsp3) is 0.389. The molecular weight excluding hydrogens is 356 g/mol. The van der Waals surface area contributed by atoms with Gasteiger partial charge in [0.05, 0.1) is 17.8 Å². The van der Waals surface area contributed by atoms with Gasteiger partial charge in [-0.15, -0.1) is 11.3 Å². The van der Waals surface area contributed by atoms with Crippen molar-refractivity contribution in [2.24, 2.45) is 0 Å². The standard InChI is InChI=1S/C18H20N2O5S/c1-11-19-13(10-26-11)9-25-15-6-5-12(8-16(15)24-2)17(21)20-7-3-4-14(20)18(22)23/h5-6,8,10,14H,3-4,7,9H2,1-2H3,(H,22,23). The van der Waals surface area contributed by atoms with Gasteiger partial charge in [-0.05, 0) is 38.0 Å². The number of benzene rings is 1. The molecule has 2 heterocycles. The van der Waals surface area contributed by atoms with E-state index in [1.807, 2.05) is 12.3 Å². The van der Waals surface area contributed by atoms with E-state index < -0.39 is 12.0 Å². The van der Waals surface area contributed by atoms with Crippen LogP contribution < -0.4 is 9.47 Å². The van der Waals surface area contributed by atoms with Gasteiger partial charge in [-0.2, -0.15) is 0 Å². The fourth-order valence-corrected chi connectivity index (χ4v) is 3.58. The third-order valence-electron chi connectivity index (χ3n) is 4.25. The second kappa shape index (κ2) is 7.74. The van der Waals surface area contributed by atoms with E-state index in [-0.39, 0.29) is 5.91 Å². The zero-order chi connectivity index (χ0) is 18.7. The van der Waals surface area contributed by atoms with E-state index in [2.05, 4.69) is 4.98 Å². The lowest BCUT2D eigenvalue weighted by Crippen LogP contribution is -2.40. The number of carboxylic acid groups (broad SMARTS) is 1. The van der Waals surface area contributed by atoms with Crippen LogP contribution in [0.3, 0.4) is 0 Å². The zero-order valence-corrected chi connectivity index (χ0v) is 15.4. The van der Waals surface area contributed by atoms with Gasteiger partial charge in [-0.1, -0.05) is 0 Å². The summed E-state index contributed by atoms with van der Waals surface area (Å²) in [4.78, 5) is 29.7. The van der Waals surface area contributed by atoms with Crippen LogP contribution in [0.5, 0.6) is 11.5 Å². The Kier molecular flexibility index (Phi) is 5.41. The van der Waals surface area contributed by atoms with Crippen LogP contribution >= 0.6 is 11.3 Å². The maximum atomic E-state index is 12.7. The Morgan fingerprint density at radius 3 is 2.85 bits per heavy atom. The summed E-state index contributed by atoms with van der Waals surface area (Å²) in [7, 11) is 1.50. The molecule has 0 saturated carbocycles. The van der Waals surface area contributed by atoms with E-state index in [0.717, 1.165) is 10.7 Å². The molecule has 0 radical (unpaired) electrons. The van der Waals surface area contributed by atoms with Gasteiger partial charge < -0.3 is 19.5 Å². The lowest BCUT2D eigenvalue weighted by Gasteiger charge is -2.22. The van der Waals surface area contributed by atoms with E-state index in [0.29, 0.717) is 43.1 Å². The molecule has 1 fully saturated rings. The van der Waals surface area contributed by atoms with Crippen LogP contribution in [0.1, 0.15) is 33.9 Å². The molecule has 7 nitrogen and oxygen atoms in total. The number of hydrogen-bond donors (Lipinski definition) is 1. The van der Waals surface area contributed by atoms with Crippen LogP contribution in [0.2, 0.25) is 0 Å². The fourth-order valence-electron chi connectivity index (χ4n) is 2.98. The molecule has 3 rings (SSSR count). The number of hydrogen-bond acceptors (Lipinski definition) is 6. The van der Waals surface area contributed by atoms with Gasteiger partial charge in [0.2, 0.25) is 0 Å². The van der Waals surface area contributed by atoms with Gasteiger partial charge in [0.15, 0.2) is 11.5 Å². The highest BCUT2D eigenvalue weighted by Crippen LogP contribution is 2.30. The van der Waals surface area contributed by atoms with Crippen LogP contribution in [0, 0.1) is 6.92 Å². The molecule has 1 aromatic heterocycles. The summed E-state index contributed by atoms with van der Waals surface area (Å²) in [6, 6.07) is 4.11. The van der Waals surface area contributed by atoms with Crippen molar-refractivity contribution >= 4 is 23.2 Å². The van der Waals surface area contributed by atoms with Crippen molar-refractivity contribution in [1.82, 2.24) is 9.88 Å². The SMILES string of the molecule is COc1cc(C(=O)N2CCCC2C(=O)O)ccc1OCc1csc(C)n1. The Morgan fingerprint density at radius 2 is 2.19 bits per heavy atom.